The fourth-order valence-corrected chi connectivity index (χ4v) is 2.84. The molecule has 0 bridgehead atoms. The largest absolute Gasteiger partial charge is 0.481 e. The highest BCUT2D eigenvalue weighted by Gasteiger charge is 2.28. The van der Waals surface area contributed by atoms with E-state index >= 15 is 0 Å². The molecule has 2 rings (SSSR count). The molecule has 0 saturated carbocycles. The number of piperidine rings is 1. The highest BCUT2D eigenvalue weighted by molar-refractivity contribution is 7.13. The van der Waals surface area contributed by atoms with Gasteiger partial charge in [-0.1, -0.05) is 6.92 Å². The number of aromatic nitrogens is 1. The SMILES string of the molecule is CCc1csc(NC(=O)N2CCCC(C(=O)O)C2)n1. The van der Waals surface area contributed by atoms with Crippen molar-refractivity contribution in [2.24, 2.45) is 5.92 Å². The topological polar surface area (TPSA) is 82.5 Å². The number of nitrogens with one attached hydrogen (secondary N) is 1. The molecule has 104 valence electrons. The lowest BCUT2D eigenvalue weighted by Crippen LogP contribution is -2.44. The van der Waals surface area contributed by atoms with Crippen LogP contribution >= 0.6 is 11.3 Å². The molecule has 1 aromatic rings. The second-order valence-electron chi connectivity index (χ2n) is 4.55. The second-order valence-corrected chi connectivity index (χ2v) is 5.41. The van der Waals surface area contributed by atoms with E-state index in [2.05, 4.69) is 10.3 Å². The van der Waals surface area contributed by atoms with Gasteiger partial charge in [0.2, 0.25) is 0 Å². The Kier molecular flexibility index (Phi) is 4.36. The molecule has 1 unspecified atom stereocenters. The minimum atomic E-state index is -0.833. The second kappa shape index (κ2) is 6.01. The Morgan fingerprint density at radius 2 is 2.42 bits per heavy atom. The van der Waals surface area contributed by atoms with E-state index in [1.165, 1.54) is 11.3 Å². The molecule has 1 saturated heterocycles. The molecule has 2 heterocycles. The molecule has 7 heteroatoms. The van der Waals surface area contributed by atoms with E-state index in [4.69, 9.17) is 5.11 Å². The average Bonchev–Trinajstić information content (AvgIpc) is 2.86. The smallest absolute Gasteiger partial charge is 0.323 e. The Bertz CT molecular complexity index is 475. The number of rotatable bonds is 3. The lowest BCUT2D eigenvalue weighted by Gasteiger charge is -2.30. The molecule has 6 nitrogen and oxygen atoms in total. The van der Waals surface area contributed by atoms with Crippen LogP contribution < -0.4 is 5.32 Å². The quantitative estimate of drug-likeness (QED) is 0.889. The zero-order valence-corrected chi connectivity index (χ0v) is 11.6. The molecule has 2 N–H and O–H groups in total. The first-order valence-corrected chi connectivity index (χ1v) is 7.21. The number of aryl methyl sites for hydroxylation is 1. The van der Waals surface area contributed by atoms with Gasteiger partial charge in [-0.05, 0) is 19.3 Å². The van der Waals surface area contributed by atoms with Gasteiger partial charge in [0.1, 0.15) is 0 Å². The number of urea groups is 1. The number of aliphatic carboxylic acids is 1. The third-order valence-corrected chi connectivity index (χ3v) is 3.99. The van der Waals surface area contributed by atoms with Crippen LogP contribution in [0.1, 0.15) is 25.5 Å². The molecule has 0 aromatic carbocycles. The number of carboxylic acids is 1. The summed E-state index contributed by atoms with van der Waals surface area (Å²) in [6.45, 7) is 2.87. The molecule has 1 fully saturated rings. The highest BCUT2D eigenvalue weighted by Crippen LogP contribution is 2.20. The van der Waals surface area contributed by atoms with Crippen molar-refractivity contribution >= 4 is 28.5 Å². The predicted octanol–water partition coefficient (Wildman–Crippen LogP) is 2.03. The van der Waals surface area contributed by atoms with Crippen LogP contribution in [0.3, 0.4) is 0 Å². The Hall–Kier alpha value is -1.63. The molecule has 1 aliphatic rings. The van der Waals surface area contributed by atoms with Crippen molar-refractivity contribution in [3.63, 3.8) is 0 Å². The summed E-state index contributed by atoms with van der Waals surface area (Å²) in [5.74, 6) is -1.29. The van der Waals surface area contributed by atoms with Crippen molar-refractivity contribution in [2.75, 3.05) is 18.4 Å². The van der Waals surface area contributed by atoms with Gasteiger partial charge in [0, 0.05) is 18.5 Å². The van der Waals surface area contributed by atoms with Crippen LogP contribution in [-0.4, -0.2) is 40.1 Å². The lowest BCUT2D eigenvalue weighted by molar-refractivity contribution is -0.143. The molecule has 1 aliphatic heterocycles. The van der Waals surface area contributed by atoms with Crippen molar-refractivity contribution in [1.82, 2.24) is 9.88 Å². The lowest BCUT2D eigenvalue weighted by atomic mass is 9.99. The van der Waals surface area contributed by atoms with Gasteiger partial charge in [-0.25, -0.2) is 9.78 Å². The predicted molar refractivity (Wildman–Crippen MR) is 72.4 cm³/mol. The van der Waals surface area contributed by atoms with E-state index in [0.717, 1.165) is 18.5 Å². The summed E-state index contributed by atoms with van der Waals surface area (Å²) in [6, 6.07) is -0.261. The van der Waals surface area contributed by atoms with Crippen molar-refractivity contribution in [3.8, 4) is 0 Å². The van der Waals surface area contributed by atoms with Crippen LogP contribution in [0.15, 0.2) is 5.38 Å². The molecule has 1 aromatic heterocycles. The maximum atomic E-state index is 12.0. The van der Waals surface area contributed by atoms with E-state index < -0.39 is 11.9 Å². The van der Waals surface area contributed by atoms with Crippen LogP contribution in [0.25, 0.3) is 0 Å². The van der Waals surface area contributed by atoms with Gasteiger partial charge < -0.3 is 10.0 Å². The third-order valence-electron chi connectivity index (χ3n) is 3.19. The van der Waals surface area contributed by atoms with Crippen LogP contribution in [0.4, 0.5) is 9.93 Å². The number of thiazole rings is 1. The highest BCUT2D eigenvalue weighted by atomic mass is 32.1. The molecule has 1 atom stereocenters. The number of nitrogens with zero attached hydrogens (tertiary/aromatic N) is 2. The molecule has 0 radical (unpaired) electrons. The molecular weight excluding hydrogens is 266 g/mol. The zero-order valence-electron chi connectivity index (χ0n) is 10.8. The normalized spacial score (nSPS) is 19.2. The first-order valence-electron chi connectivity index (χ1n) is 6.33. The standard InChI is InChI=1S/C12H17N3O3S/c1-2-9-7-19-11(13-9)14-12(18)15-5-3-4-8(6-15)10(16)17/h7-8H,2-6H2,1H3,(H,16,17)(H,13,14,18). The summed E-state index contributed by atoms with van der Waals surface area (Å²) in [5.41, 5.74) is 0.947. The van der Waals surface area contributed by atoms with Crippen LogP contribution in [0, 0.1) is 5.92 Å². The Morgan fingerprint density at radius 1 is 1.63 bits per heavy atom. The van der Waals surface area contributed by atoms with Crippen molar-refractivity contribution in [3.05, 3.63) is 11.1 Å². The fraction of sp³-hybridized carbons (Fsp3) is 0.583. The van der Waals surface area contributed by atoms with Gasteiger partial charge in [-0.2, -0.15) is 0 Å². The maximum Gasteiger partial charge on any atom is 0.323 e. The fourth-order valence-electron chi connectivity index (χ4n) is 2.06. The van der Waals surface area contributed by atoms with Gasteiger partial charge in [0.05, 0.1) is 11.6 Å². The first-order chi connectivity index (χ1) is 9.10. The summed E-state index contributed by atoms with van der Waals surface area (Å²) >= 11 is 1.39. The minimum Gasteiger partial charge on any atom is -0.481 e. The summed E-state index contributed by atoms with van der Waals surface area (Å²) in [7, 11) is 0. The number of hydrogen-bond donors (Lipinski definition) is 2. The first kappa shape index (κ1) is 13.8. The summed E-state index contributed by atoms with van der Waals surface area (Å²) in [4.78, 5) is 28.8. The molecular formula is C12H17N3O3S. The number of amides is 2. The van der Waals surface area contributed by atoms with Gasteiger partial charge in [0.15, 0.2) is 5.13 Å². The van der Waals surface area contributed by atoms with Crippen LogP contribution in [-0.2, 0) is 11.2 Å². The van der Waals surface area contributed by atoms with E-state index in [0.29, 0.717) is 18.1 Å². The molecule has 2 amide bonds. The summed E-state index contributed by atoms with van der Waals surface area (Å²) < 4.78 is 0. The minimum absolute atomic E-state index is 0.261. The number of carboxylic acid groups (broad SMARTS) is 1. The number of carbonyl (C=O) groups excluding carboxylic acids is 1. The van der Waals surface area contributed by atoms with Crippen molar-refractivity contribution in [2.45, 2.75) is 26.2 Å². The Morgan fingerprint density at radius 3 is 3.05 bits per heavy atom. The maximum absolute atomic E-state index is 12.0. The van der Waals surface area contributed by atoms with Gasteiger partial charge in [-0.15, -0.1) is 11.3 Å². The molecule has 0 aliphatic carbocycles. The average molecular weight is 283 g/mol. The molecule has 0 spiro atoms. The van der Waals surface area contributed by atoms with E-state index in [9.17, 15) is 9.59 Å². The van der Waals surface area contributed by atoms with Crippen LogP contribution in [0.2, 0.25) is 0 Å². The third kappa shape index (κ3) is 3.44. The van der Waals surface area contributed by atoms with Gasteiger partial charge in [0.25, 0.3) is 0 Å². The van der Waals surface area contributed by atoms with E-state index in [1.807, 2.05) is 12.3 Å². The number of carbonyl (C=O) groups is 2. The molecule has 19 heavy (non-hydrogen) atoms. The van der Waals surface area contributed by atoms with E-state index in [-0.39, 0.29) is 12.6 Å². The van der Waals surface area contributed by atoms with Gasteiger partial charge in [-0.3, -0.25) is 10.1 Å². The summed E-state index contributed by atoms with van der Waals surface area (Å²) in [5, 5.41) is 14.2. The Balaban J connectivity index is 1.93. The summed E-state index contributed by atoms with van der Waals surface area (Å²) in [6.07, 6.45) is 2.19. The number of likely N-dealkylation sites (tertiary alicyclic amines) is 1. The van der Waals surface area contributed by atoms with Crippen LogP contribution in [0.5, 0.6) is 0 Å². The number of anilines is 1. The van der Waals surface area contributed by atoms with Crippen molar-refractivity contribution in [1.29, 1.82) is 0 Å². The van der Waals surface area contributed by atoms with Crippen molar-refractivity contribution < 1.29 is 14.7 Å². The van der Waals surface area contributed by atoms with E-state index in [1.54, 1.807) is 4.90 Å². The Labute approximate surface area is 115 Å². The zero-order chi connectivity index (χ0) is 13.8. The van der Waals surface area contributed by atoms with Gasteiger partial charge >= 0.3 is 12.0 Å². The monoisotopic (exact) mass is 283 g/mol. The number of hydrogen-bond acceptors (Lipinski definition) is 4.